The number of hydrogen-bond donors (Lipinski definition) is 1. The number of methoxy groups -OCH3 is 1. The Labute approximate surface area is 135 Å². The second kappa shape index (κ2) is 8.29. The predicted octanol–water partition coefficient (Wildman–Crippen LogP) is 3.77. The van der Waals surface area contributed by atoms with Gasteiger partial charge in [-0.3, -0.25) is 4.79 Å². The topological polar surface area (TPSA) is 47.6 Å². The smallest absolute Gasteiger partial charge is 0.265 e. The molecule has 0 unspecified atom stereocenters. The van der Waals surface area contributed by atoms with Gasteiger partial charge in [0.15, 0.2) is 6.10 Å². The van der Waals surface area contributed by atoms with Gasteiger partial charge in [0, 0.05) is 12.8 Å². The van der Waals surface area contributed by atoms with Crippen LogP contribution in [-0.4, -0.2) is 19.1 Å². The lowest BCUT2D eigenvalue weighted by molar-refractivity contribution is -0.122. The average molecular weight is 317 g/mol. The van der Waals surface area contributed by atoms with E-state index in [0.717, 1.165) is 5.56 Å². The number of ether oxygens (including phenoxy) is 2. The minimum absolute atomic E-state index is 0.244. The van der Waals surface area contributed by atoms with Crippen LogP contribution >= 0.6 is 0 Å². The van der Waals surface area contributed by atoms with Crippen LogP contribution in [-0.2, 0) is 16.1 Å². The number of benzene rings is 2. The number of rotatable bonds is 7. The van der Waals surface area contributed by atoms with Crippen molar-refractivity contribution in [1.82, 2.24) is 0 Å². The van der Waals surface area contributed by atoms with Crippen molar-refractivity contribution in [2.24, 2.45) is 0 Å². The molecule has 0 saturated heterocycles. The summed E-state index contributed by atoms with van der Waals surface area (Å²) in [6.45, 7) is 2.34. The van der Waals surface area contributed by atoms with E-state index < -0.39 is 6.10 Å². The minimum atomic E-state index is -0.647. The van der Waals surface area contributed by atoms with Gasteiger partial charge in [0.25, 0.3) is 5.91 Å². The molecule has 0 spiro atoms. The molecule has 0 fully saturated rings. The third-order valence-electron chi connectivity index (χ3n) is 3.26. The van der Waals surface area contributed by atoms with Gasteiger partial charge in [-0.2, -0.15) is 0 Å². The van der Waals surface area contributed by atoms with Crippen LogP contribution < -0.4 is 10.1 Å². The quantitative estimate of drug-likeness (QED) is 0.845. The highest BCUT2D eigenvalue weighted by atomic mass is 19.1. The summed E-state index contributed by atoms with van der Waals surface area (Å²) in [6.07, 6.45) is -0.146. The van der Waals surface area contributed by atoms with Crippen molar-refractivity contribution >= 4 is 11.6 Å². The summed E-state index contributed by atoms with van der Waals surface area (Å²) in [5.74, 6) is -0.127. The van der Waals surface area contributed by atoms with E-state index in [1.807, 2.05) is 31.2 Å². The summed E-state index contributed by atoms with van der Waals surface area (Å²) in [5.41, 5.74) is 1.66. The summed E-state index contributed by atoms with van der Waals surface area (Å²) in [4.78, 5) is 12.3. The van der Waals surface area contributed by atoms with Gasteiger partial charge in [-0.05, 0) is 48.4 Å². The number of amides is 1. The molecule has 4 nitrogen and oxygen atoms in total. The Morgan fingerprint density at radius 3 is 2.61 bits per heavy atom. The van der Waals surface area contributed by atoms with Crippen LogP contribution in [0, 0.1) is 5.82 Å². The maximum absolute atomic E-state index is 12.9. The Morgan fingerprint density at radius 2 is 1.96 bits per heavy atom. The maximum atomic E-state index is 12.9. The van der Waals surface area contributed by atoms with Gasteiger partial charge in [-0.15, -0.1) is 0 Å². The fraction of sp³-hybridized carbons (Fsp3) is 0.278. The first-order valence-electron chi connectivity index (χ1n) is 7.43. The number of hydrogen-bond acceptors (Lipinski definition) is 3. The molecule has 122 valence electrons. The Kier molecular flexibility index (Phi) is 6.11. The van der Waals surface area contributed by atoms with Crippen molar-refractivity contribution in [2.45, 2.75) is 26.1 Å². The highest BCUT2D eigenvalue weighted by molar-refractivity contribution is 5.94. The van der Waals surface area contributed by atoms with E-state index in [2.05, 4.69) is 5.32 Å². The molecular weight excluding hydrogens is 297 g/mol. The molecule has 1 atom stereocenters. The van der Waals surface area contributed by atoms with Crippen molar-refractivity contribution in [2.75, 3.05) is 12.4 Å². The Hall–Kier alpha value is -2.40. The summed E-state index contributed by atoms with van der Waals surface area (Å²) in [5, 5.41) is 2.83. The number of carbonyl (C=O) groups excluding carboxylic acids is 1. The molecule has 0 saturated carbocycles. The molecule has 0 radical (unpaired) electrons. The molecule has 0 bridgehead atoms. The van der Waals surface area contributed by atoms with Crippen molar-refractivity contribution in [3.63, 3.8) is 0 Å². The largest absolute Gasteiger partial charge is 0.481 e. The normalized spacial score (nSPS) is 11.8. The van der Waals surface area contributed by atoms with Gasteiger partial charge < -0.3 is 14.8 Å². The van der Waals surface area contributed by atoms with Gasteiger partial charge in [-0.25, -0.2) is 4.39 Å². The van der Waals surface area contributed by atoms with Gasteiger partial charge in [0.2, 0.25) is 0 Å². The van der Waals surface area contributed by atoms with Gasteiger partial charge >= 0.3 is 0 Å². The van der Waals surface area contributed by atoms with Gasteiger partial charge in [0.1, 0.15) is 11.6 Å². The zero-order valence-electron chi connectivity index (χ0n) is 13.2. The Morgan fingerprint density at radius 1 is 1.22 bits per heavy atom. The monoisotopic (exact) mass is 317 g/mol. The molecule has 2 rings (SSSR count). The van der Waals surface area contributed by atoms with Crippen LogP contribution in [0.1, 0.15) is 18.9 Å². The molecule has 1 amide bonds. The molecule has 2 aromatic rings. The van der Waals surface area contributed by atoms with Crippen molar-refractivity contribution in [3.8, 4) is 5.75 Å². The fourth-order valence-corrected chi connectivity index (χ4v) is 2.13. The lowest BCUT2D eigenvalue weighted by Crippen LogP contribution is -2.32. The zero-order chi connectivity index (χ0) is 16.7. The van der Waals surface area contributed by atoms with Crippen LogP contribution in [0.2, 0.25) is 0 Å². The highest BCUT2D eigenvalue weighted by Crippen LogP contribution is 2.17. The van der Waals surface area contributed by atoms with E-state index >= 15 is 0 Å². The van der Waals surface area contributed by atoms with Crippen LogP contribution in [0.3, 0.4) is 0 Å². The molecule has 2 aromatic carbocycles. The molecule has 0 heterocycles. The number of nitrogens with one attached hydrogen (secondary N) is 1. The van der Waals surface area contributed by atoms with Crippen molar-refractivity contribution < 1.29 is 18.7 Å². The number of anilines is 1. The van der Waals surface area contributed by atoms with E-state index in [-0.39, 0.29) is 11.7 Å². The maximum Gasteiger partial charge on any atom is 0.265 e. The number of carbonyl (C=O) groups is 1. The Bertz CT molecular complexity index is 643. The number of halogens is 1. The molecular formula is C18H20FNO3. The SMILES string of the molecule is CC[C@H](Oc1ccc(F)cc1)C(=O)Nc1cccc(COC)c1. The predicted molar refractivity (Wildman–Crippen MR) is 86.9 cm³/mol. The Balaban J connectivity index is 2.02. The second-order valence-corrected chi connectivity index (χ2v) is 5.09. The molecule has 1 N–H and O–H groups in total. The third kappa shape index (κ3) is 5.07. The fourth-order valence-electron chi connectivity index (χ4n) is 2.13. The molecule has 0 aliphatic carbocycles. The van der Waals surface area contributed by atoms with Crippen molar-refractivity contribution in [1.29, 1.82) is 0 Å². The molecule has 0 aromatic heterocycles. The van der Waals surface area contributed by atoms with Crippen LogP contribution in [0.5, 0.6) is 5.75 Å². The summed E-state index contributed by atoms with van der Waals surface area (Å²) in [7, 11) is 1.62. The highest BCUT2D eigenvalue weighted by Gasteiger charge is 2.18. The van der Waals surface area contributed by atoms with Gasteiger partial charge in [-0.1, -0.05) is 19.1 Å². The van der Waals surface area contributed by atoms with Crippen molar-refractivity contribution in [3.05, 3.63) is 59.9 Å². The third-order valence-corrected chi connectivity index (χ3v) is 3.26. The first-order valence-corrected chi connectivity index (χ1v) is 7.43. The summed E-state index contributed by atoms with van der Waals surface area (Å²) >= 11 is 0. The summed E-state index contributed by atoms with van der Waals surface area (Å²) in [6, 6.07) is 13.0. The first-order chi connectivity index (χ1) is 11.1. The van der Waals surface area contributed by atoms with E-state index in [4.69, 9.17) is 9.47 Å². The molecule has 0 aliphatic heterocycles. The van der Waals surface area contributed by atoms with E-state index in [0.29, 0.717) is 24.5 Å². The standard InChI is InChI=1S/C18H20FNO3/c1-3-17(23-16-9-7-14(19)8-10-16)18(21)20-15-6-4-5-13(11-15)12-22-2/h4-11,17H,3,12H2,1-2H3,(H,20,21)/t17-/m0/s1. The average Bonchev–Trinajstić information content (AvgIpc) is 2.55. The lowest BCUT2D eigenvalue weighted by Gasteiger charge is -2.17. The van der Waals surface area contributed by atoms with Crippen LogP contribution in [0.15, 0.2) is 48.5 Å². The van der Waals surface area contributed by atoms with Crippen LogP contribution in [0.25, 0.3) is 0 Å². The van der Waals surface area contributed by atoms with Crippen LogP contribution in [0.4, 0.5) is 10.1 Å². The van der Waals surface area contributed by atoms with E-state index in [9.17, 15) is 9.18 Å². The first kappa shape index (κ1) is 17.0. The second-order valence-electron chi connectivity index (χ2n) is 5.09. The minimum Gasteiger partial charge on any atom is -0.481 e. The lowest BCUT2D eigenvalue weighted by atomic mass is 10.2. The van der Waals surface area contributed by atoms with Gasteiger partial charge in [0.05, 0.1) is 6.61 Å². The molecule has 0 aliphatic rings. The van der Waals surface area contributed by atoms with E-state index in [1.165, 1.54) is 24.3 Å². The summed E-state index contributed by atoms with van der Waals surface area (Å²) < 4.78 is 23.6. The molecule has 5 heteroatoms. The van der Waals surface area contributed by atoms with E-state index in [1.54, 1.807) is 7.11 Å². The molecule has 23 heavy (non-hydrogen) atoms. The zero-order valence-corrected chi connectivity index (χ0v) is 13.2.